The summed E-state index contributed by atoms with van der Waals surface area (Å²) >= 11 is 1.90. The van der Waals surface area contributed by atoms with Crippen LogP contribution in [0.2, 0.25) is 0 Å². The Kier molecular flexibility index (Phi) is 2.98. The van der Waals surface area contributed by atoms with Crippen LogP contribution in [0.1, 0.15) is 18.9 Å². The molecule has 0 aliphatic heterocycles. The minimum Gasteiger partial charge on any atom is -0.344 e. The fraction of sp³-hybridized carbons (Fsp3) is 0.182. The van der Waals surface area contributed by atoms with E-state index in [4.69, 9.17) is 0 Å². The van der Waals surface area contributed by atoms with E-state index in [0.717, 1.165) is 6.42 Å². The molecule has 0 fully saturated rings. The zero-order chi connectivity index (χ0) is 16.3. The first-order chi connectivity index (χ1) is 11.8. The highest BCUT2D eigenvalue weighted by molar-refractivity contribution is 7.26. The number of aryl methyl sites for hydroxylation is 2. The van der Waals surface area contributed by atoms with E-state index in [1.54, 1.807) is 0 Å². The molecule has 0 spiro atoms. The highest BCUT2D eigenvalue weighted by Gasteiger charge is 2.15. The van der Waals surface area contributed by atoms with Crippen LogP contribution in [0.3, 0.4) is 0 Å². The fourth-order valence-corrected chi connectivity index (χ4v) is 5.11. The van der Waals surface area contributed by atoms with Gasteiger partial charge in [-0.3, -0.25) is 0 Å². The quantitative estimate of drug-likeness (QED) is 0.341. The van der Waals surface area contributed by atoms with E-state index in [1.165, 1.54) is 54.0 Å². The van der Waals surface area contributed by atoms with E-state index in [2.05, 4.69) is 73.1 Å². The topological polar surface area (TPSA) is 4.93 Å². The summed E-state index contributed by atoms with van der Waals surface area (Å²) in [4.78, 5) is 0. The van der Waals surface area contributed by atoms with Crippen LogP contribution < -0.4 is 0 Å². The van der Waals surface area contributed by atoms with Gasteiger partial charge >= 0.3 is 0 Å². The Hall–Kier alpha value is -2.32. The van der Waals surface area contributed by atoms with Crippen molar-refractivity contribution in [2.24, 2.45) is 7.05 Å². The maximum absolute atomic E-state index is 2.37. The summed E-state index contributed by atoms with van der Waals surface area (Å²) in [6.07, 6.45) is 2.34. The lowest BCUT2D eigenvalue weighted by Gasteiger charge is -2.01. The van der Waals surface area contributed by atoms with Gasteiger partial charge in [0.05, 0.1) is 0 Å². The third kappa shape index (κ3) is 1.81. The minimum absolute atomic E-state index is 1.15. The van der Waals surface area contributed by atoms with Gasteiger partial charge in [-0.25, -0.2) is 0 Å². The summed E-state index contributed by atoms with van der Waals surface area (Å²) in [6, 6.07) is 20.4. The number of aromatic nitrogens is 1. The SMILES string of the molecule is CCCc1ccc2c3c4c(ccc3n(C)c2c1)sc1ccccc14. The van der Waals surface area contributed by atoms with E-state index in [9.17, 15) is 0 Å². The molecule has 5 aromatic rings. The van der Waals surface area contributed by atoms with Gasteiger partial charge in [0.25, 0.3) is 0 Å². The van der Waals surface area contributed by atoms with Gasteiger partial charge in [-0.15, -0.1) is 11.3 Å². The molecule has 2 aromatic heterocycles. The van der Waals surface area contributed by atoms with Crippen LogP contribution in [-0.2, 0) is 13.5 Å². The summed E-state index contributed by atoms with van der Waals surface area (Å²) < 4.78 is 5.11. The van der Waals surface area contributed by atoms with Gasteiger partial charge < -0.3 is 4.57 Å². The van der Waals surface area contributed by atoms with Gasteiger partial charge in [0.2, 0.25) is 0 Å². The Labute approximate surface area is 145 Å². The molecule has 24 heavy (non-hydrogen) atoms. The van der Waals surface area contributed by atoms with E-state index in [0.29, 0.717) is 0 Å². The zero-order valence-corrected chi connectivity index (χ0v) is 14.8. The first kappa shape index (κ1) is 14.1. The number of nitrogens with zero attached hydrogens (tertiary/aromatic N) is 1. The zero-order valence-electron chi connectivity index (χ0n) is 14.0. The number of hydrogen-bond donors (Lipinski definition) is 0. The van der Waals surface area contributed by atoms with Crippen molar-refractivity contribution in [2.75, 3.05) is 0 Å². The van der Waals surface area contributed by atoms with Crippen LogP contribution in [0, 0.1) is 0 Å². The van der Waals surface area contributed by atoms with Gasteiger partial charge in [0.1, 0.15) is 0 Å². The van der Waals surface area contributed by atoms with Crippen molar-refractivity contribution < 1.29 is 0 Å². The fourth-order valence-electron chi connectivity index (χ4n) is 4.00. The Morgan fingerprint density at radius 2 is 1.71 bits per heavy atom. The largest absolute Gasteiger partial charge is 0.344 e. The van der Waals surface area contributed by atoms with Crippen LogP contribution in [-0.4, -0.2) is 4.57 Å². The highest BCUT2D eigenvalue weighted by atomic mass is 32.1. The van der Waals surface area contributed by atoms with Gasteiger partial charge in [-0.1, -0.05) is 43.7 Å². The molecule has 3 aromatic carbocycles. The monoisotopic (exact) mass is 329 g/mol. The predicted octanol–water partition coefficient (Wildman–Crippen LogP) is 6.65. The molecule has 0 atom stereocenters. The highest BCUT2D eigenvalue weighted by Crippen LogP contribution is 2.42. The third-order valence-electron chi connectivity index (χ3n) is 5.11. The Bertz CT molecular complexity index is 1220. The number of thiophene rings is 1. The second-order valence-electron chi connectivity index (χ2n) is 6.59. The molecule has 0 amide bonds. The molecule has 2 heterocycles. The molecule has 0 bridgehead atoms. The lowest BCUT2D eigenvalue weighted by atomic mass is 10.0. The predicted molar refractivity (Wildman–Crippen MR) is 107 cm³/mol. The van der Waals surface area contributed by atoms with Crippen molar-refractivity contribution in [3.63, 3.8) is 0 Å². The molecule has 2 heteroatoms. The Morgan fingerprint density at radius 3 is 2.58 bits per heavy atom. The maximum atomic E-state index is 2.37. The summed E-state index contributed by atoms with van der Waals surface area (Å²) in [6.45, 7) is 2.24. The van der Waals surface area contributed by atoms with Crippen LogP contribution in [0.5, 0.6) is 0 Å². The molecule has 0 unspecified atom stereocenters. The van der Waals surface area contributed by atoms with Crippen LogP contribution in [0.15, 0.2) is 54.6 Å². The summed E-state index contributed by atoms with van der Waals surface area (Å²) in [5.41, 5.74) is 4.11. The van der Waals surface area contributed by atoms with Crippen molar-refractivity contribution in [3.8, 4) is 0 Å². The smallest absolute Gasteiger partial charge is 0.0496 e. The summed E-state index contributed by atoms with van der Waals surface area (Å²) in [7, 11) is 2.20. The Balaban J connectivity index is 2.01. The average Bonchev–Trinajstić information content (AvgIpc) is 3.11. The van der Waals surface area contributed by atoms with Crippen molar-refractivity contribution in [3.05, 3.63) is 60.2 Å². The first-order valence-electron chi connectivity index (χ1n) is 8.59. The molecular weight excluding hydrogens is 310 g/mol. The molecule has 5 rings (SSSR count). The second kappa shape index (κ2) is 5.09. The van der Waals surface area contributed by atoms with Crippen molar-refractivity contribution in [2.45, 2.75) is 19.8 Å². The molecule has 118 valence electrons. The van der Waals surface area contributed by atoms with Gasteiger partial charge in [-0.05, 0) is 36.2 Å². The molecule has 1 nitrogen and oxygen atoms in total. The standard InChI is InChI=1S/C22H19NS/c1-3-6-14-9-10-15-18(13-14)23(2)17-11-12-20-22(21(15)17)16-7-4-5-8-19(16)24-20/h4-5,7-13H,3,6H2,1-2H3. The van der Waals surface area contributed by atoms with Crippen molar-refractivity contribution in [1.29, 1.82) is 0 Å². The molecule has 0 N–H and O–H groups in total. The normalized spacial score (nSPS) is 12.1. The lowest BCUT2D eigenvalue weighted by molar-refractivity contribution is 0.920. The summed E-state index contributed by atoms with van der Waals surface area (Å²) in [5, 5.41) is 5.59. The third-order valence-corrected chi connectivity index (χ3v) is 6.25. The van der Waals surface area contributed by atoms with Gasteiger partial charge in [0, 0.05) is 49.0 Å². The number of rotatable bonds is 2. The van der Waals surface area contributed by atoms with Crippen molar-refractivity contribution >= 4 is 53.3 Å². The minimum atomic E-state index is 1.15. The van der Waals surface area contributed by atoms with E-state index < -0.39 is 0 Å². The molecule has 0 aliphatic carbocycles. The maximum Gasteiger partial charge on any atom is 0.0496 e. The van der Waals surface area contributed by atoms with Gasteiger partial charge in [0.15, 0.2) is 0 Å². The van der Waals surface area contributed by atoms with E-state index in [-0.39, 0.29) is 0 Å². The Morgan fingerprint density at radius 1 is 0.833 bits per heavy atom. The van der Waals surface area contributed by atoms with Crippen LogP contribution in [0.25, 0.3) is 42.0 Å². The number of benzene rings is 3. The molecule has 0 saturated heterocycles. The van der Waals surface area contributed by atoms with Crippen LogP contribution in [0.4, 0.5) is 0 Å². The molecule has 0 saturated carbocycles. The molecule has 0 aliphatic rings. The van der Waals surface area contributed by atoms with Crippen LogP contribution >= 0.6 is 11.3 Å². The molecule has 0 radical (unpaired) electrons. The summed E-state index contributed by atoms with van der Waals surface area (Å²) in [5.74, 6) is 0. The van der Waals surface area contributed by atoms with E-state index >= 15 is 0 Å². The number of hydrogen-bond acceptors (Lipinski definition) is 1. The number of fused-ring (bicyclic) bond motifs is 7. The van der Waals surface area contributed by atoms with Crippen molar-refractivity contribution in [1.82, 2.24) is 4.57 Å². The second-order valence-corrected chi connectivity index (χ2v) is 7.68. The average molecular weight is 329 g/mol. The lowest BCUT2D eigenvalue weighted by Crippen LogP contribution is -1.88. The van der Waals surface area contributed by atoms with Gasteiger partial charge in [-0.2, -0.15) is 0 Å². The molecular formula is C22H19NS. The first-order valence-corrected chi connectivity index (χ1v) is 9.41. The van der Waals surface area contributed by atoms with E-state index in [1.807, 2.05) is 11.3 Å².